The summed E-state index contributed by atoms with van der Waals surface area (Å²) < 4.78 is 26.0. The summed E-state index contributed by atoms with van der Waals surface area (Å²) in [5.41, 5.74) is 8.17. The van der Waals surface area contributed by atoms with E-state index in [1.807, 2.05) is 0 Å². The Morgan fingerprint density at radius 1 is 0.815 bits per heavy atom. The van der Waals surface area contributed by atoms with Gasteiger partial charge in [-0.2, -0.15) is 0 Å². The normalized spacial score (nSPS) is 10.3. The number of nitrogens with one attached hydrogen (secondary N) is 3. The van der Waals surface area contributed by atoms with Crippen LogP contribution in [0.5, 0.6) is 0 Å². The molecule has 0 spiro atoms. The van der Waals surface area contributed by atoms with E-state index in [4.69, 9.17) is 11.1 Å². The van der Waals surface area contributed by atoms with Crippen LogP contribution in [-0.2, 0) is 0 Å². The largest absolute Gasteiger partial charge is 0.398 e. The molecular weight excluding hydrogens is 350 g/mol. The molecule has 7 heteroatoms. The van der Waals surface area contributed by atoms with Crippen LogP contribution in [-0.4, -0.2) is 11.7 Å². The molecule has 0 radical (unpaired) electrons. The van der Waals surface area contributed by atoms with E-state index >= 15 is 0 Å². The highest BCUT2D eigenvalue weighted by molar-refractivity contribution is 6.14. The fourth-order valence-electron chi connectivity index (χ4n) is 2.45. The summed E-state index contributed by atoms with van der Waals surface area (Å²) in [6, 6.07) is 15.1. The number of halogens is 2. The first kappa shape index (κ1) is 18.1. The van der Waals surface area contributed by atoms with Crippen LogP contribution < -0.4 is 16.4 Å². The van der Waals surface area contributed by atoms with Crippen LogP contribution in [0.2, 0.25) is 0 Å². The summed E-state index contributed by atoms with van der Waals surface area (Å²) in [6.45, 7) is 0. The Balaban J connectivity index is 1.76. The smallest absolute Gasteiger partial charge is 0.323 e. The van der Waals surface area contributed by atoms with E-state index in [0.29, 0.717) is 28.2 Å². The molecule has 0 aliphatic rings. The molecule has 3 rings (SSSR count). The van der Waals surface area contributed by atoms with Gasteiger partial charge in [-0.15, -0.1) is 0 Å². The topological polar surface area (TPSA) is 91.0 Å². The lowest BCUT2D eigenvalue weighted by Crippen LogP contribution is -2.19. The van der Waals surface area contributed by atoms with Crippen molar-refractivity contribution in [3.05, 3.63) is 89.5 Å². The molecule has 5 nitrogen and oxygen atoms in total. The van der Waals surface area contributed by atoms with Crippen molar-refractivity contribution in [2.45, 2.75) is 0 Å². The van der Waals surface area contributed by atoms with Crippen molar-refractivity contribution in [3.63, 3.8) is 0 Å². The molecule has 0 aromatic heterocycles. The first-order valence-corrected chi connectivity index (χ1v) is 8.00. The standard InChI is InChI=1S/C20H16F2N4O/c21-13-3-1-12(2-4-13)19(24)17-11-16(9-10-18(17)23)26-20(27)25-15-7-5-14(22)6-8-15/h1-11,24H,23H2,(H2,25,26,27). The van der Waals surface area contributed by atoms with E-state index in [2.05, 4.69) is 10.6 Å². The van der Waals surface area contributed by atoms with Gasteiger partial charge in [-0.25, -0.2) is 13.6 Å². The molecule has 27 heavy (non-hydrogen) atoms. The summed E-state index contributed by atoms with van der Waals surface area (Å²) in [6.07, 6.45) is 0. The van der Waals surface area contributed by atoms with Crippen LogP contribution in [0.25, 0.3) is 0 Å². The summed E-state index contributed by atoms with van der Waals surface area (Å²) in [4.78, 5) is 12.1. The number of carbonyl (C=O) groups is 1. The van der Waals surface area contributed by atoms with Crippen molar-refractivity contribution >= 4 is 28.8 Å². The Labute approximate surface area is 154 Å². The zero-order valence-corrected chi connectivity index (χ0v) is 14.1. The van der Waals surface area contributed by atoms with Gasteiger partial charge >= 0.3 is 6.03 Å². The van der Waals surface area contributed by atoms with Crippen LogP contribution in [0.4, 0.5) is 30.6 Å². The molecule has 3 aromatic rings. The van der Waals surface area contributed by atoms with Gasteiger partial charge < -0.3 is 16.4 Å². The molecule has 0 fully saturated rings. The minimum atomic E-state index is -0.523. The zero-order valence-electron chi connectivity index (χ0n) is 14.1. The fourth-order valence-corrected chi connectivity index (χ4v) is 2.45. The molecule has 136 valence electrons. The molecule has 2 amide bonds. The molecule has 0 unspecified atom stereocenters. The molecule has 3 aromatic carbocycles. The average Bonchev–Trinajstić information content (AvgIpc) is 2.65. The van der Waals surface area contributed by atoms with Crippen LogP contribution >= 0.6 is 0 Å². The Kier molecular flexibility index (Phi) is 5.12. The summed E-state index contributed by atoms with van der Waals surface area (Å²) in [5.74, 6) is -0.796. The van der Waals surface area contributed by atoms with Gasteiger partial charge in [-0.3, -0.25) is 5.41 Å². The van der Waals surface area contributed by atoms with Crippen molar-refractivity contribution in [1.82, 2.24) is 0 Å². The van der Waals surface area contributed by atoms with Crippen molar-refractivity contribution in [2.75, 3.05) is 16.4 Å². The number of hydrogen-bond acceptors (Lipinski definition) is 3. The predicted molar refractivity (Wildman–Crippen MR) is 102 cm³/mol. The maximum absolute atomic E-state index is 13.1. The number of nitrogen functional groups attached to an aromatic ring is 1. The van der Waals surface area contributed by atoms with Crippen LogP contribution in [0.1, 0.15) is 11.1 Å². The second-order valence-corrected chi connectivity index (χ2v) is 5.77. The lowest BCUT2D eigenvalue weighted by molar-refractivity contribution is 0.262. The molecular formula is C20H16F2N4O. The number of anilines is 3. The Morgan fingerprint density at radius 2 is 1.33 bits per heavy atom. The van der Waals surface area contributed by atoms with Gasteiger partial charge in [-0.1, -0.05) is 0 Å². The lowest BCUT2D eigenvalue weighted by atomic mass is 10.0. The SMILES string of the molecule is N=C(c1ccc(F)cc1)c1cc(NC(=O)Nc2ccc(F)cc2)ccc1N. The molecule has 0 aliphatic carbocycles. The summed E-state index contributed by atoms with van der Waals surface area (Å²) in [5, 5.41) is 13.5. The quantitative estimate of drug-likeness (QED) is 0.401. The average molecular weight is 366 g/mol. The van der Waals surface area contributed by atoms with Crippen molar-refractivity contribution in [3.8, 4) is 0 Å². The monoisotopic (exact) mass is 366 g/mol. The molecule has 0 bridgehead atoms. The van der Waals surface area contributed by atoms with Gasteiger partial charge in [0.15, 0.2) is 0 Å². The maximum Gasteiger partial charge on any atom is 0.323 e. The van der Waals surface area contributed by atoms with E-state index in [1.165, 1.54) is 48.5 Å². The molecule has 0 aliphatic heterocycles. The minimum absolute atomic E-state index is 0.107. The molecule has 0 saturated carbocycles. The lowest BCUT2D eigenvalue weighted by Gasteiger charge is -2.12. The van der Waals surface area contributed by atoms with Gasteiger partial charge in [-0.05, 0) is 66.7 Å². The summed E-state index contributed by atoms with van der Waals surface area (Å²) >= 11 is 0. The predicted octanol–water partition coefficient (Wildman–Crippen LogP) is 4.61. The van der Waals surface area contributed by atoms with Gasteiger partial charge in [0.25, 0.3) is 0 Å². The van der Waals surface area contributed by atoms with E-state index in [1.54, 1.807) is 18.2 Å². The number of amides is 2. The number of hydrogen-bond donors (Lipinski definition) is 4. The van der Waals surface area contributed by atoms with Gasteiger partial charge in [0.1, 0.15) is 11.6 Å². The molecule has 0 saturated heterocycles. The van der Waals surface area contributed by atoms with E-state index in [-0.39, 0.29) is 5.71 Å². The first-order chi connectivity index (χ1) is 12.9. The third kappa shape index (κ3) is 4.46. The third-order valence-corrected chi connectivity index (χ3v) is 3.82. The first-order valence-electron chi connectivity index (χ1n) is 8.00. The van der Waals surface area contributed by atoms with Crippen molar-refractivity contribution < 1.29 is 13.6 Å². The summed E-state index contributed by atoms with van der Waals surface area (Å²) in [7, 11) is 0. The third-order valence-electron chi connectivity index (χ3n) is 3.82. The second-order valence-electron chi connectivity index (χ2n) is 5.77. The van der Waals surface area contributed by atoms with Crippen molar-refractivity contribution in [1.29, 1.82) is 5.41 Å². The molecule has 0 heterocycles. The van der Waals surface area contributed by atoms with Crippen LogP contribution in [0.3, 0.4) is 0 Å². The van der Waals surface area contributed by atoms with Crippen LogP contribution in [0.15, 0.2) is 66.7 Å². The van der Waals surface area contributed by atoms with E-state index in [9.17, 15) is 13.6 Å². The highest BCUT2D eigenvalue weighted by Crippen LogP contribution is 2.22. The Bertz CT molecular complexity index is 986. The number of carbonyl (C=O) groups excluding carboxylic acids is 1. The van der Waals surface area contributed by atoms with E-state index < -0.39 is 17.7 Å². The molecule has 0 atom stereocenters. The number of benzene rings is 3. The van der Waals surface area contributed by atoms with E-state index in [0.717, 1.165) is 0 Å². The molecule has 5 N–H and O–H groups in total. The van der Waals surface area contributed by atoms with Gasteiger partial charge in [0.2, 0.25) is 0 Å². The highest BCUT2D eigenvalue weighted by atomic mass is 19.1. The number of rotatable bonds is 4. The van der Waals surface area contributed by atoms with Gasteiger partial charge in [0, 0.05) is 28.2 Å². The maximum atomic E-state index is 13.1. The Morgan fingerprint density at radius 3 is 1.96 bits per heavy atom. The highest BCUT2D eigenvalue weighted by Gasteiger charge is 2.11. The second kappa shape index (κ2) is 7.65. The van der Waals surface area contributed by atoms with Gasteiger partial charge in [0.05, 0.1) is 5.71 Å². The number of urea groups is 1. The van der Waals surface area contributed by atoms with Crippen molar-refractivity contribution in [2.24, 2.45) is 0 Å². The number of nitrogens with two attached hydrogens (primary N) is 1. The zero-order chi connectivity index (χ0) is 19.4. The van der Waals surface area contributed by atoms with Crippen LogP contribution in [0, 0.1) is 17.0 Å². The Hall–Kier alpha value is -3.74. The fraction of sp³-hybridized carbons (Fsp3) is 0. The minimum Gasteiger partial charge on any atom is -0.398 e.